The summed E-state index contributed by atoms with van der Waals surface area (Å²) < 4.78 is 63.9. The first-order valence-electron chi connectivity index (χ1n) is 6.99. The molecule has 0 aliphatic heterocycles. The largest absolute Gasteiger partial charge is 0.416 e. The third-order valence-electron chi connectivity index (χ3n) is 3.14. The third-order valence-corrected chi connectivity index (χ3v) is 6.33. The molecule has 0 saturated heterocycles. The van der Waals surface area contributed by atoms with Gasteiger partial charge in [0.1, 0.15) is 10.0 Å². The van der Waals surface area contributed by atoms with Gasteiger partial charge in [0.2, 0.25) is 0 Å². The average molecular weight is 393 g/mol. The van der Waals surface area contributed by atoms with Crippen molar-refractivity contribution in [1.82, 2.24) is 9.71 Å². The highest BCUT2D eigenvalue weighted by Crippen LogP contribution is 2.30. The van der Waals surface area contributed by atoms with E-state index in [4.69, 9.17) is 0 Å². The molecule has 2 aromatic rings. The van der Waals surface area contributed by atoms with E-state index in [1.165, 1.54) is 6.07 Å². The number of hydrogen-bond acceptors (Lipinski definition) is 5. The number of carbonyl (C=O) groups excluding carboxylic acids is 1. The highest BCUT2D eigenvalue weighted by molar-refractivity contribution is 7.92. The summed E-state index contributed by atoms with van der Waals surface area (Å²) in [6.07, 6.45) is -3.09. The molecule has 25 heavy (non-hydrogen) atoms. The molecule has 0 aromatic carbocycles. The molecule has 136 valence electrons. The van der Waals surface area contributed by atoms with E-state index in [2.05, 4.69) is 4.98 Å². The molecule has 0 radical (unpaired) electrons. The van der Waals surface area contributed by atoms with E-state index in [9.17, 15) is 26.4 Å². The van der Waals surface area contributed by atoms with Crippen molar-refractivity contribution in [2.24, 2.45) is 0 Å². The molecular formula is C14H14F3N3O3S2. The Morgan fingerprint density at radius 1 is 1.32 bits per heavy atom. The molecule has 0 spiro atoms. The Balaban J connectivity index is 2.14. The van der Waals surface area contributed by atoms with E-state index in [-0.39, 0.29) is 4.21 Å². The molecule has 2 N–H and O–H groups in total. The van der Waals surface area contributed by atoms with Gasteiger partial charge in [-0.05, 0) is 37.1 Å². The third kappa shape index (κ3) is 4.69. The maximum atomic E-state index is 12.6. The Morgan fingerprint density at radius 2 is 2.00 bits per heavy atom. The van der Waals surface area contributed by atoms with Crippen LogP contribution >= 0.6 is 11.3 Å². The molecule has 2 rings (SSSR count). The van der Waals surface area contributed by atoms with E-state index < -0.39 is 33.6 Å². The lowest BCUT2D eigenvalue weighted by molar-refractivity contribution is -0.137. The lowest BCUT2D eigenvalue weighted by Gasteiger charge is -2.09. The summed E-state index contributed by atoms with van der Waals surface area (Å²) in [6, 6.07) is 1.58. The second-order valence-electron chi connectivity index (χ2n) is 5.01. The number of nitrogens with zero attached hydrogens (tertiary/aromatic N) is 1. The zero-order valence-corrected chi connectivity index (χ0v) is 14.8. The Morgan fingerprint density at radius 3 is 2.56 bits per heavy atom. The van der Waals surface area contributed by atoms with Crippen molar-refractivity contribution >= 4 is 33.2 Å². The summed E-state index contributed by atoms with van der Waals surface area (Å²) in [4.78, 5) is 16.2. The van der Waals surface area contributed by atoms with Crippen LogP contribution in [0.15, 0.2) is 28.6 Å². The molecule has 0 saturated carbocycles. The first-order valence-corrected chi connectivity index (χ1v) is 9.29. The molecule has 11 heteroatoms. The number of aromatic nitrogens is 1. The molecule has 0 fully saturated rings. The van der Waals surface area contributed by atoms with Crippen LogP contribution in [0.2, 0.25) is 0 Å². The van der Waals surface area contributed by atoms with Crippen LogP contribution in [-0.2, 0) is 22.6 Å². The number of rotatable bonds is 4. The number of alkyl halides is 3. The van der Waals surface area contributed by atoms with Crippen molar-refractivity contribution in [1.29, 1.82) is 0 Å². The maximum absolute atomic E-state index is 12.6. The number of thiophene rings is 1. The number of anilines is 1. The number of halogens is 3. The van der Waals surface area contributed by atoms with Gasteiger partial charge in [0.15, 0.2) is 0 Å². The summed E-state index contributed by atoms with van der Waals surface area (Å²) in [6.45, 7) is 3.62. The fraction of sp³-hybridized carbons (Fsp3) is 0.286. The Kier molecular flexibility index (Phi) is 5.37. The fourth-order valence-electron chi connectivity index (χ4n) is 1.96. The predicted molar refractivity (Wildman–Crippen MR) is 87.0 cm³/mol. The number of urea groups is 1. The van der Waals surface area contributed by atoms with E-state index in [0.29, 0.717) is 12.5 Å². The van der Waals surface area contributed by atoms with Crippen molar-refractivity contribution in [2.45, 2.75) is 30.7 Å². The fourth-order valence-corrected chi connectivity index (χ4v) is 4.40. The van der Waals surface area contributed by atoms with Crippen LogP contribution < -0.4 is 10.0 Å². The van der Waals surface area contributed by atoms with Crippen molar-refractivity contribution in [3.05, 3.63) is 40.4 Å². The molecule has 0 aliphatic rings. The second kappa shape index (κ2) is 7.00. The summed E-state index contributed by atoms with van der Waals surface area (Å²) in [7, 11) is -4.12. The smallest absolute Gasteiger partial charge is 0.292 e. The van der Waals surface area contributed by atoms with Gasteiger partial charge in [-0.1, -0.05) is 6.92 Å². The van der Waals surface area contributed by atoms with Gasteiger partial charge in [-0.15, -0.1) is 11.3 Å². The SMILES string of the molecule is CCc1sc(S(=O)(=O)NC(=O)Nc2cc(C(F)(F)F)ccn2)cc1C. The highest BCUT2D eigenvalue weighted by Gasteiger charge is 2.31. The zero-order chi connectivity index (χ0) is 18.8. The van der Waals surface area contributed by atoms with Crippen LogP contribution in [0.5, 0.6) is 0 Å². The average Bonchev–Trinajstić information content (AvgIpc) is 2.88. The van der Waals surface area contributed by atoms with Gasteiger partial charge < -0.3 is 0 Å². The van der Waals surface area contributed by atoms with Gasteiger partial charge in [-0.25, -0.2) is 22.9 Å². The van der Waals surface area contributed by atoms with Crippen molar-refractivity contribution < 1.29 is 26.4 Å². The molecular weight excluding hydrogens is 379 g/mol. The number of hydrogen-bond donors (Lipinski definition) is 2. The Hall–Kier alpha value is -2.14. The molecule has 2 amide bonds. The lowest BCUT2D eigenvalue weighted by atomic mass is 10.2. The maximum Gasteiger partial charge on any atom is 0.416 e. The summed E-state index contributed by atoms with van der Waals surface area (Å²) in [5, 5.41) is 1.98. The van der Waals surface area contributed by atoms with Crippen molar-refractivity contribution in [3.8, 4) is 0 Å². The minimum Gasteiger partial charge on any atom is -0.292 e. The Bertz CT molecular complexity index is 892. The van der Waals surface area contributed by atoms with Crippen LogP contribution in [0.1, 0.15) is 22.9 Å². The first-order chi connectivity index (χ1) is 11.5. The molecule has 0 atom stereocenters. The molecule has 2 heterocycles. The monoisotopic (exact) mass is 393 g/mol. The number of carbonyl (C=O) groups is 1. The molecule has 2 aromatic heterocycles. The van der Waals surface area contributed by atoms with Crippen LogP contribution in [0.25, 0.3) is 0 Å². The van der Waals surface area contributed by atoms with E-state index in [0.717, 1.165) is 34.0 Å². The number of nitrogens with one attached hydrogen (secondary N) is 2. The molecule has 0 unspecified atom stereocenters. The number of pyridine rings is 1. The van der Waals surface area contributed by atoms with E-state index in [1.807, 2.05) is 12.2 Å². The quantitative estimate of drug-likeness (QED) is 0.832. The van der Waals surface area contributed by atoms with Crippen LogP contribution in [0.3, 0.4) is 0 Å². The predicted octanol–water partition coefficient (Wildman–Crippen LogP) is 3.54. The normalized spacial score (nSPS) is 12.0. The lowest BCUT2D eigenvalue weighted by Crippen LogP contribution is -2.34. The summed E-state index contributed by atoms with van der Waals surface area (Å²) >= 11 is 1.03. The molecule has 0 aliphatic carbocycles. The molecule has 0 bridgehead atoms. The standard InChI is InChI=1S/C14H14F3N3O3S2/c1-3-10-8(2)6-12(24-10)25(22,23)20-13(21)19-11-7-9(4-5-18-11)14(15,16)17/h4-7H,3H2,1-2H3,(H2,18,19,20,21). The first kappa shape index (κ1) is 19.2. The van der Waals surface area contributed by atoms with E-state index >= 15 is 0 Å². The number of aryl methyl sites for hydroxylation is 2. The van der Waals surface area contributed by atoms with Gasteiger partial charge >= 0.3 is 12.2 Å². The Labute approximate surface area is 146 Å². The molecule has 6 nitrogen and oxygen atoms in total. The minimum absolute atomic E-state index is 0.0472. The van der Waals surface area contributed by atoms with Crippen LogP contribution in [0.4, 0.5) is 23.8 Å². The summed E-state index contributed by atoms with van der Waals surface area (Å²) in [5.74, 6) is -0.417. The zero-order valence-electron chi connectivity index (χ0n) is 13.1. The van der Waals surface area contributed by atoms with Crippen molar-refractivity contribution in [3.63, 3.8) is 0 Å². The highest BCUT2D eigenvalue weighted by atomic mass is 32.2. The van der Waals surface area contributed by atoms with Crippen LogP contribution in [-0.4, -0.2) is 19.4 Å². The van der Waals surface area contributed by atoms with Gasteiger partial charge in [-0.2, -0.15) is 13.2 Å². The van der Waals surface area contributed by atoms with Gasteiger partial charge in [0.05, 0.1) is 5.56 Å². The van der Waals surface area contributed by atoms with Gasteiger partial charge in [0.25, 0.3) is 10.0 Å². The van der Waals surface area contributed by atoms with Gasteiger partial charge in [0, 0.05) is 11.1 Å². The summed E-state index contributed by atoms with van der Waals surface area (Å²) in [5.41, 5.74) is -0.227. The van der Waals surface area contributed by atoms with Crippen molar-refractivity contribution in [2.75, 3.05) is 5.32 Å². The number of amides is 2. The minimum atomic E-state index is -4.60. The topological polar surface area (TPSA) is 88.2 Å². The number of sulfonamides is 1. The van der Waals surface area contributed by atoms with E-state index in [1.54, 1.807) is 11.6 Å². The van der Waals surface area contributed by atoms with Crippen LogP contribution in [0, 0.1) is 6.92 Å². The van der Waals surface area contributed by atoms with Gasteiger partial charge in [-0.3, -0.25) is 5.32 Å². The second-order valence-corrected chi connectivity index (χ2v) is 8.06.